The summed E-state index contributed by atoms with van der Waals surface area (Å²) in [5, 5.41) is 2.45. The molecule has 0 atom stereocenters. The lowest BCUT2D eigenvalue weighted by Gasteiger charge is -2.29. The van der Waals surface area contributed by atoms with Crippen molar-refractivity contribution in [3.05, 3.63) is 41.6 Å². The number of carbonyl (C=O) groups is 2. The van der Waals surface area contributed by atoms with E-state index >= 15 is 0 Å². The molecule has 0 spiro atoms. The molecule has 1 N–H and O–H groups in total. The SMILES string of the molecule is Cc1ccc(NC(=O)COC(=O)C2CCN(S(=O)(=O)c3cn(C)c(C)n3)CC2)cc1F. The van der Waals surface area contributed by atoms with Crippen molar-refractivity contribution in [3.63, 3.8) is 0 Å². The molecule has 1 aromatic heterocycles. The number of carbonyl (C=O) groups excluding carboxylic acids is 2. The van der Waals surface area contributed by atoms with Crippen LogP contribution in [-0.4, -0.2) is 53.8 Å². The zero-order chi connectivity index (χ0) is 22.8. The number of imidazole rings is 1. The highest BCUT2D eigenvalue weighted by Gasteiger charge is 2.34. The van der Waals surface area contributed by atoms with E-state index in [1.807, 2.05) is 0 Å². The summed E-state index contributed by atoms with van der Waals surface area (Å²) in [7, 11) is -2.01. The van der Waals surface area contributed by atoms with Gasteiger partial charge in [-0.15, -0.1) is 0 Å². The van der Waals surface area contributed by atoms with Crippen LogP contribution in [0.15, 0.2) is 29.4 Å². The van der Waals surface area contributed by atoms with E-state index in [0.717, 1.165) is 0 Å². The smallest absolute Gasteiger partial charge is 0.309 e. The van der Waals surface area contributed by atoms with Crippen molar-refractivity contribution in [2.24, 2.45) is 13.0 Å². The number of esters is 1. The number of benzene rings is 1. The Morgan fingerprint density at radius 1 is 1.26 bits per heavy atom. The number of halogens is 1. The van der Waals surface area contributed by atoms with Gasteiger partial charge in [0.1, 0.15) is 11.6 Å². The van der Waals surface area contributed by atoms with Crippen molar-refractivity contribution in [2.45, 2.75) is 31.7 Å². The molecule has 1 aliphatic heterocycles. The number of sulfonamides is 1. The Bertz CT molecular complexity index is 1070. The summed E-state index contributed by atoms with van der Waals surface area (Å²) >= 11 is 0. The minimum absolute atomic E-state index is 0.0160. The van der Waals surface area contributed by atoms with Crippen molar-refractivity contribution in [1.82, 2.24) is 13.9 Å². The highest BCUT2D eigenvalue weighted by atomic mass is 32.2. The van der Waals surface area contributed by atoms with Crippen LogP contribution in [0.3, 0.4) is 0 Å². The fraction of sp³-hybridized carbons (Fsp3) is 0.450. The monoisotopic (exact) mass is 452 g/mol. The number of aromatic nitrogens is 2. The molecule has 168 valence electrons. The lowest BCUT2D eigenvalue weighted by molar-refractivity contribution is -0.152. The van der Waals surface area contributed by atoms with E-state index in [1.165, 1.54) is 22.6 Å². The molecule has 31 heavy (non-hydrogen) atoms. The standard InChI is InChI=1S/C20H25FN4O5S/c1-13-4-5-16(10-17(13)21)23-18(26)12-30-20(27)15-6-8-25(9-7-15)31(28,29)19-11-24(3)14(2)22-19/h4-5,10-11,15H,6-9,12H2,1-3H3,(H,23,26). The van der Waals surface area contributed by atoms with Crippen LogP contribution in [0.4, 0.5) is 10.1 Å². The molecule has 0 unspecified atom stereocenters. The van der Waals surface area contributed by atoms with Gasteiger partial charge in [0.25, 0.3) is 15.9 Å². The predicted molar refractivity (Wildman–Crippen MR) is 110 cm³/mol. The second-order valence-electron chi connectivity index (χ2n) is 7.54. The first-order chi connectivity index (χ1) is 14.6. The maximum Gasteiger partial charge on any atom is 0.309 e. The van der Waals surface area contributed by atoms with Gasteiger partial charge >= 0.3 is 5.97 Å². The Morgan fingerprint density at radius 2 is 1.94 bits per heavy atom. The fourth-order valence-corrected chi connectivity index (χ4v) is 4.73. The van der Waals surface area contributed by atoms with Crippen molar-refractivity contribution in [1.29, 1.82) is 0 Å². The molecular formula is C20H25FN4O5S. The summed E-state index contributed by atoms with van der Waals surface area (Å²) in [6.45, 7) is 3.14. The van der Waals surface area contributed by atoms with Gasteiger partial charge in [0.15, 0.2) is 11.6 Å². The van der Waals surface area contributed by atoms with Crippen LogP contribution in [0.25, 0.3) is 0 Å². The maximum absolute atomic E-state index is 13.5. The van der Waals surface area contributed by atoms with Crippen molar-refractivity contribution in [2.75, 3.05) is 25.0 Å². The molecule has 1 amide bonds. The molecule has 2 heterocycles. The highest BCUT2D eigenvalue weighted by Crippen LogP contribution is 2.24. The summed E-state index contributed by atoms with van der Waals surface area (Å²) in [5.74, 6) is -1.50. The molecule has 1 fully saturated rings. The van der Waals surface area contributed by atoms with E-state index in [4.69, 9.17) is 4.74 Å². The van der Waals surface area contributed by atoms with Gasteiger partial charge in [-0.3, -0.25) is 9.59 Å². The first kappa shape index (κ1) is 22.9. The quantitative estimate of drug-likeness (QED) is 0.669. The van der Waals surface area contributed by atoms with Crippen molar-refractivity contribution < 1.29 is 27.1 Å². The Labute approximate surface area is 180 Å². The molecule has 1 aliphatic rings. The summed E-state index contributed by atoms with van der Waals surface area (Å²) in [6, 6.07) is 4.27. The molecule has 0 radical (unpaired) electrons. The van der Waals surface area contributed by atoms with Crippen LogP contribution in [-0.2, 0) is 31.4 Å². The Balaban J connectivity index is 1.48. The molecule has 2 aromatic rings. The van der Waals surface area contributed by atoms with Gasteiger partial charge < -0.3 is 14.6 Å². The molecule has 0 saturated carbocycles. The first-order valence-corrected chi connectivity index (χ1v) is 11.2. The number of hydrogen-bond acceptors (Lipinski definition) is 6. The first-order valence-electron chi connectivity index (χ1n) is 9.80. The maximum atomic E-state index is 13.5. The third-order valence-corrected chi connectivity index (χ3v) is 7.05. The van der Waals surface area contributed by atoms with Crippen molar-refractivity contribution >= 4 is 27.6 Å². The Kier molecular flexibility index (Phi) is 6.75. The van der Waals surface area contributed by atoms with Gasteiger partial charge in [-0.1, -0.05) is 6.07 Å². The summed E-state index contributed by atoms with van der Waals surface area (Å²) in [6.07, 6.45) is 2.03. The van der Waals surface area contributed by atoms with E-state index < -0.39 is 40.2 Å². The van der Waals surface area contributed by atoms with Crippen LogP contribution in [0.5, 0.6) is 0 Å². The lowest BCUT2D eigenvalue weighted by atomic mass is 9.98. The number of piperidine rings is 1. The number of amides is 1. The molecule has 9 nitrogen and oxygen atoms in total. The van der Waals surface area contributed by atoms with Crippen LogP contribution in [0, 0.1) is 25.6 Å². The number of ether oxygens (including phenoxy) is 1. The fourth-order valence-electron chi connectivity index (χ4n) is 3.24. The van der Waals surface area contributed by atoms with E-state index in [1.54, 1.807) is 31.5 Å². The van der Waals surface area contributed by atoms with Gasteiger partial charge in [0.05, 0.1) is 5.92 Å². The molecule has 0 aliphatic carbocycles. The minimum atomic E-state index is -3.73. The molecule has 1 saturated heterocycles. The number of nitrogens with zero attached hydrogens (tertiary/aromatic N) is 3. The largest absolute Gasteiger partial charge is 0.455 e. The average Bonchev–Trinajstić information content (AvgIpc) is 3.08. The Hall–Kier alpha value is -2.79. The van der Waals surface area contributed by atoms with E-state index in [-0.39, 0.29) is 36.6 Å². The molecule has 1 aromatic carbocycles. The van der Waals surface area contributed by atoms with E-state index in [0.29, 0.717) is 11.4 Å². The van der Waals surface area contributed by atoms with E-state index in [9.17, 15) is 22.4 Å². The number of aryl methyl sites for hydroxylation is 3. The van der Waals surface area contributed by atoms with Gasteiger partial charge in [-0.2, -0.15) is 4.31 Å². The molecular weight excluding hydrogens is 427 g/mol. The van der Waals surface area contributed by atoms with Gasteiger partial charge in [0.2, 0.25) is 0 Å². The van der Waals surface area contributed by atoms with Crippen LogP contribution < -0.4 is 5.32 Å². The van der Waals surface area contributed by atoms with E-state index in [2.05, 4.69) is 10.3 Å². The lowest BCUT2D eigenvalue weighted by Crippen LogP contribution is -2.41. The summed E-state index contributed by atoms with van der Waals surface area (Å²) in [5.41, 5.74) is 0.725. The number of hydrogen-bond donors (Lipinski definition) is 1. The number of rotatable bonds is 6. The average molecular weight is 453 g/mol. The molecule has 0 bridgehead atoms. The molecule has 3 rings (SSSR count). The second-order valence-corrected chi connectivity index (χ2v) is 9.42. The normalized spacial score (nSPS) is 15.6. The topological polar surface area (TPSA) is 111 Å². The predicted octanol–water partition coefficient (Wildman–Crippen LogP) is 1.76. The zero-order valence-corrected chi connectivity index (χ0v) is 18.4. The van der Waals surface area contributed by atoms with Gasteiger partial charge in [-0.25, -0.2) is 17.8 Å². The zero-order valence-electron chi connectivity index (χ0n) is 17.6. The summed E-state index contributed by atoms with van der Waals surface area (Å²) < 4.78 is 47.0. The van der Waals surface area contributed by atoms with Crippen molar-refractivity contribution in [3.8, 4) is 0 Å². The highest BCUT2D eigenvalue weighted by molar-refractivity contribution is 7.89. The van der Waals surface area contributed by atoms with Crippen LogP contribution in [0.1, 0.15) is 24.2 Å². The minimum Gasteiger partial charge on any atom is -0.455 e. The van der Waals surface area contributed by atoms with Gasteiger partial charge in [-0.05, 0) is 44.4 Å². The van der Waals surface area contributed by atoms with Gasteiger partial charge in [0, 0.05) is 32.0 Å². The Morgan fingerprint density at radius 3 is 2.52 bits per heavy atom. The second kappa shape index (κ2) is 9.15. The van der Waals surface area contributed by atoms with Crippen LogP contribution in [0.2, 0.25) is 0 Å². The van der Waals surface area contributed by atoms with Crippen LogP contribution >= 0.6 is 0 Å². The summed E-state index contributed by atoms with van der Waals surface area (Å²) in [4.78, 5) is 28.3. The number of anilines is 1. The molecule has 11 heteroatoms. The number of nitrogens with one attached hydrogen (secondary N) is 1. The third-order valence-electron chi connectivity index (χ3n) is 5.28. The third kappa shape index (κ3) is 5.28.